The lowest BCUT2D eigenvalue weighted by Crippen LogP contribution is -2.47. The van der Waals surface area contributed by atoms with Crippen molar-refractivity contribution in [3.63, 3.8) is 0 Å². The number of benzene rings is 3. The highest BCUT2D eigenvalue weighted by Gasteiger charge is 2.34. The fraction of sp³-hybridized carbons (Fsp3) is 0.214. The molecule has 0 spiro atoms. The average molecular weight is 527 g/mol. The molecule has 0 fully saturated rings. The van der Waals surface area contributed by atoms with Crippen LogP contribution in [0.5, 0.6) is 0 Å². The SMILES string of the molecule is CC(C)CN(C(=O)C(Cc1ccc(F)cc1)C(=O)NS(=O)(=O)C=Cc1ccccc1)c1ccc(F)cc1. The second kappa shape index (κ2) is 12.4. The van der Waals surface area contributed by atoms with Gasteiger partial charge in [0.05, 0.1) is 5.41 Å². The lowest BCUT2D eigenvalue weighted by Gasteiger charge is -2.28. The van der Waals surface area contributed by atoms with Gasteiger partial charge in [0.1, 0.15) is 17.6 Å². The Labute approximate surface area is 215 Å². The molecule has 3 aromatic carbocycles. The molecular formula is C28H28F2N2O4S. The van der Waals surface area contributed by atoms with E-state index in [2.05, 4.69) is 0 Å². The van der Waals surface area contributed by atoms with E-state index in [9.17, 15) is 26.8 Å². The first-order valence-corrected chi connectivity index (χ1v) is 13.2. The molecule has 0 aromatic heterocycles. The molecule has 194 valence electrons. The van der Waals surface area contributed by atoms with Crippen molar-refractivity contribution < 1.29 is 26.8 Å². The molecule has 2 amide bonds. The van der Waals surface area contributed by atoms with Gasteiger partial charge in [-0.15, -0.1) is 0 Å². The molecular weight excluding hydrogens is 498 g/mol. The van der Waals surface area contributed by atoms with Gasteiger partial charge in [0.25, 0.3) is 10.0 Å². The van der Waals surface area contributed by atoms with E-state index in [0.717, 1.165) is 5.41 Å². The maximum absolute atomic E-state index is 13.7. The molecule has 1 atom stereocenters. The Balaban J connectivity index is 1.93. The van der Waals surface area contributed by atoms with E-state index in [1.807, 2.05) is 18.6 Å². The van der Waals surface area contributed by atoms with Gasteiger partial charge < -0.3 is 4.90 Å². The molecule has 0 aliphatic rings. The molecule has 0 saturated carbocycles. The maximum Gasteiger partial charge on any atom is 0.257 e. The van der Waals surface area contributed by atoms with Gasteiger partial charge >= 0.3 is 0 Å². The third-order valence-corrected chi connectivity index (χ3v) is 6.38. The smallest absolute Gasteiger partial charge is 0.257 e. The highest BCUT2D eigenvalue weighted by Crippen LogP contribution is 2.22. The molecule has 1 unspecified atom stereocenters. The van der Waals surface area contributed by atoms with Gasteiger partial charge in [-0.3, -0.25) is 9.59 Å². The van der Waals surface area contributed by atoms with Crippen LogP contribution in [0.2, 0.25) is 0 Å². The summed E-state index contributed by atoms with van der Waals surface area (Å²) in [6.45, 7) is 3.95. The molecule has 3 aromatic rings. The van der Waals surface area contributed by atoms with Crippen LogP contribution in [0.15, 0.2) is 84.3 Å². The van der Waals surface area contributed by atoms with Crippen molar-refractivity contribution >= 4 is 33.6 Å². The second-order valence-electron chi connectivity index (χ2n) is 8.93. The molecule has 1 N–H and O–H groups in total. The summed E-state index contributed by atoms with van der Waals surface area (Å²) in [7, 11) is -4.24. The number of halogens is 2. The molecule has 6 nitrogen and oxygen atoms in total. The van der Waals surface area contributed by atoms with Gasteiger partial charge in [-0.2, -0.15) is 0 Å². The first-order valence-electron chi connectivity index (χ1n) is 11.7. The van der Waals surface area contributed by atoms with E-state index in [4.69, 9.17) is 0 Å². The number of rotatable bonds is 10. The van der Waals surface area contributed by atoms with Crippen LogP contribution in [-0.4, -0.2) is 26.8 Å². The van der Waals surface area contributed by atoms with Crippen molar-refractivity contribution in [2.75, 3.05) is 11.4 Å². The average Bonchev–Trinajstić information content (AvgIpc) is 2.86. The standard InChI is InChI=1S/C28H28F2N2O4S/c1-20(2)19-32(25-14-12-24(30)13-15-25)28(34)26(18-22-8-10-23(29)11-9-22)27(33)31-37(35,36)17-16-21-6-4-3-5-7-21/h3-17,20,26H,18-19H2,1-2H3,(H,31,33). The summed E-state index contributed by atoms with van der Waals surface area (Å²) in [5.41, 5.74) is 1.44. The molecule has 0 aliphatic carbocycles. The molecule has 0 bridgehead atoms. The predicted octanol–water partition coefficient (Wildman–Crippen LogP) is 4.93. The van der Waals surface area contributed by atoms with Crippen molar-refractivity contribution in [2.45, 2.75) is 20.3 Å². The minimum absolute atomic E-state index is 0.0129. The number of anilines is 1. The van der Waals surface area contributed by atoms with E-state index in [1.54, 1.807) is 30.3 Å². The zero-order chi connectivity index (χ0) is 27.0. The van der Waals surface area contributed by atoms with Crippen molar-refractivity contribution in [2.24, 2.45) is 11.8 Å². The zero-order valence-corrected chi connectivity index (χ0v) is 21.3. The Morgan fingerprint density at radius 2 is 1.46 bits per heavy atom. The Morgan fingerprint density at radius 1 is 0.892 bits per heavy atom. The monoisotopic (exact) mass is 526 g/mol. The van der Waals surface area contributed by atoms with Crippen LogP contribution in [0.3, 0.4) is 0 Å². The van der Waals surface area contributed by atoms with E-state index in [-0.39, 0.29) is 18.9 Å². The molecule has 0 radical (unpaired) electrons. The van der Waals surface area contributed by atoms with Crippen molar-refractivity contribution in [1.82, 2.24) is 4.72 Å². The summed E-state index contributed by atoms with van der Waals surface area (Å²) in [6, 6.07) is 19.1. The molecule has 0 saturated heterocycles. The van der Waals surface area contributed by atoms with E-state index in [0.29, 0.717) is 16.8 Å². The second-order valence-corrected chi connectivity index (χ2v) is 10.5. The number of sulfonamides is 1. The normalized spacial score (nSPS) is 12.5. The van der Waals surface area contributed by atoms with Crippen LogP contribution in [0.25, 0.3) is 6.08 Å². The van der Waals surface area contributed by atoms with Crippen LogP contribution in [-0.2, 0) is 26.0 Å². The van der Waals surface area contributed by atoms with E-state index < -0.39 is 39.4 Å². The summed E-state index contributed by atoms with van der Waals surface area (Å²) < 4.78 is 54.3. The van der Waals surface area contributed by atoms with Crippen LogP contribution < -0.4 is 9.62 Å². The third kappa shape index (κ3) is 8.35. The van der Waals surface area contributed by atoms with Gasteiger partial charge in [-0.1, -0.05) is 56.3 Å². The molecule has 9 heteroatoms. The third-order valence-electron chi connectivity index (χ3n) is 5.40. The number of hydrogen-bond acceptors (Lipinski definition) is 4. The van der Waals surface area contributed by atoms with Crippen molar-refractivity contribution in [3.05, 3.63) is 107 Å². The molecule has 37 heavy (non-hydrogen) atoms. The lowest BCUT2D eigenvalue weighted by atomic mass is 9.96. The number of amides is 2. The fourth-order valence-corrected chi connectivity index (χ4v) is 4.45. The van der Waals surface area contributed by atoms with Crippen LogP contribution in [0, 0.1) is 23.5 Å². The predicted molar refractivity (Wildman–Crippen MR) is 140 cm³/mol. The number of hydrogen-bond donors (Lipinski definition) is 1. The van der Waals surface area contributed by atoms with Gasteiger partial charge in [-0.25, -0.2) is 21.9 Å². The zero-order valence-electron chi connectivity index (χ0n) is 20.5. The summed E-state index contributed by atoms with van der Waals surface area (Å²) in [4.78, 5) is 28.3. The van der Waals surface area contributed by atoms with Crippen LogP contribution >= 0.6 is 0 Å². The number of nitrogens with one attached hydrogen (secondary N) is 1. The van der Waals surface area contributed by atoms with Crippen molar-refractivity contribution in [3.8, 4) is 0 Å². The van der Waals surface area contributed by atoms with E-state index in [1.165, 1.54) is 59.5 Å². The topological polar surface area (TPSA) is 83.6 Å². The summed E-state index contributed by atoms with van der Waals surface area (Å²) in [5, 5.41) is 0.853. The van der Waals surface area contributed by atoms with Gasteiger partial charge in [0.15, 0.2) is 0 Å². The maximum atomic E-state index is 13.7. The summed E-state index contributed by atoms with van der Waals surface area (Å²) in [5.74, 6) is -4.13. The highest BCUT2D eigenvalue weighted by molar-refractivity contribution is 7.93. The quantitative estimate of drug-likeness (QED) is 0.380. The van der Waals surface area contributed by atoms with Crippen molar-refractivity contribution in [1.29, 1.82) is 0 Å². The highest BCUT2D eigenvalue weighted by atomic mass is 32.2. The molecule has 0 aliphatic heterocycles. The van der Waals surface area contributed by atoms with Gasteiger partial charge in [0, 0.05) is 12.2 Å². The van der Waals surface area contributed by atoms with Gasteiger partial charge in [-0.05, 0) is 65.9 Å². The van der Waals surface area contributed by atoms with E-state index >= 15 is 0 Å². The van der Waals surface area contributed by atoms with Gasteiger partial charge in [0.2, 0.25) is 11.8 Å². The summed E-state index contributed by atoms with van der Waals surface area (Å²) >= 11 is 0. The Bertz CT molecular complexity index is 1340. The first-order chi connectivity index (χ1) is 17.5. The van der Waals surface area contributed by atoms with Crippen LogP contribution in [0.1, 0.15) is 25.0 Å². The number of nitrogens with zero attached hydrogens (tertiary/aromatic N) is 1. The number of carbonyl (C=O) groups excluding carboxylic acids is 2. The Kier molecular flexibility index (Phi) is 9.30. The van der Waals surface area contributed by atoms with Crippen LogP contribution in [0.4, 0.5) is 14.5 Å². The molecule has 3 rings (SSSR count). The lowest BCUT2D eigenvalue weighted by molar-refractivity contribution is -0.132. The number of carbonyl (C=O) groups is 2. The minimum Gasteiger partial charge on any atom is -0.311 e. The Hall–Kier alpha value is -3.85. The first kappa shape index (κ1) is 27.7. The summed E-state index contributed by atoms with van der Waals surface area (Å²) in [6.07, 6.45) is 1.16. The minimum atomic E-state index is -4.24. The molecule has 0 heterocycles. The largest absolute Gasteiger partial charge is 0.311 e. The Morgan fingerprint density at radius 3 is 2.03 bits per heavy atom. The fourth-order valence-electron chi connectivity index (χ4n) is 3.62.